The number of methoxy groups -OCH3 is 1. The standard InChI is InChI=1S/C20H25N3O4/c1-20(2)12-15(10-11-27-20)21-18(24)13-23-19(25)9-8-17(22-23)14-4-6-16(26-3)7-5-14/h4-9,15H,10-13H2,1-3H3,(H,21,24)/t15-/m0/s1. The lowest BCUT2D eigenvalue weighted by atomic mass is 9.94. The number of ether oxygens (including phenoxy) is 2. The molecule has 0 spiro atoms. The van der Waals surface area contributed by atoms with Crippen molar-refractivity contribution in [2.45, 2.75) is 44.9 Å². The van der Waals surface area contributed by atoms with E-state index in [2.05, 4.69) is 10.4 Å². The zero-order valence-corrected chi connectivity index (χ0v) is 15.9. The van der Waals surface area contributed by atoms with Gasteiger partial charge < -0.3 is 14.8 Å². The van der Waals surface area contributed by atoms with E-state index in [4.69, 9.17) is 9.47 Å². The van der Waals surface area contributed by atoms with Crippen LogP contribution in [0.2, 0.25) is 0 Å². The monoisotopic (exact) mass is 371 g/mol. The lowest BCUT2D eigenvalue weighted by Crippen LogP contribution is -2.47. The van der Waals surface area contributed by atoms with Crippen LogP contribution in [0, 0.1) is 0 Å². The Labute approximate surface area is 158 Å². The van der Waals surface area contributed by atoms with E-state index in [1.807, 2.05) is 38.1 Å². The van der Waals surface area contributed by atoms with Gasteiger partial charge in [0.05, 0.1) is 18.4 Å². The van der Waals surface area contributed by atoms with Gasteiger partial charge in [-0.25, -0.2) is 4.68 Å². The minimum Gasteiger partial charge on any atom is -0.497 e. The van der Waals surface area contributed by atoms with Crippen LogP contribution in [0.1, 0.15) is 26.7 Å². The van der Waals surface area contributed by atoms with Crippen LogP contribution in [-0.4, -0.2) is 41.0 Å². The van der Waals surface area contributed by atoms with Gasteiger partial charge in [-0.2, -0.15) is 5.10 Å². The fraction of sp³-hybridized carbons (Fsp3) is 0.450. The van der Waals surface area contributed by atoms with Gasteiger partial charge >= 0.3 is 0 Å². The van der Waals surface area contributed by atoms with E-state index in [0.29, 0.717) is 12.3 Å². The van der Waals surface area contributed by atoms with Gasteiger partial charge in [0.2, 0.25) is 5.91 Å². The SMILES string of the molecule is COc1ccc(-c2ccc(=O)n(CC(=O)N[C@H]3CCOC(C)(C)C3)n2)cc1. The molecule has 0 unspecified atom stereocenters. The number of nitrogens with zero attached hydrogens (tertiary/aromatic N) is 2. The maximum Gasteiger partial charge on any atom is 0.267 e. The van der Waals surface area contributed by atoms with Crippen LogP contribution in [-0.2, 0) is 16.1 Å². The second-order valence-corrected chi connectivity index (χ2v) is 7.31. The molecule has 0 radical (unpaired) electrons. The summed E-state index contributed by atoms with van der Waals surface area (Å²) in [5.74, 6) is 0.519. The molecule has 0 aliphatic carbocycles. The van der Waals surface area contributed by atoms with Crippen LogP contribution in [0.5, 0.6) is 5.75 Å². The van der Waals surface area contributed by atoms with Crippen molar-refractivity contribution in [1.29, 1.82) is 0 Å². The maximum atomic E-state index is 12.4. The highest BCUT2D eigenvalue weighted by atomic mass is 16.5. The van der Waals surface area contributed by atoms with Crippen molar-refractivity contribution >= 4 is 5.91 Å². The molecule has 0 bridgehead atoms. The Hall–Kier alpha value is -2.67. The van der Waals surface area contributed by atoms with Gasteiger partial charge in [-0.15, -0.1) is 0 Å². The van der Waals surface area contributed by atoms with Crippen LogP contribution in [0.25, 0.3) is 11.3 Å². The number of rotatable bonds is 5. The first-order valence-electron chi connectivity index (χ1n) is 9.02. The highest BCUT2D eigenvalue weighted by Gasteiger charge is 2.29. The number of aromatic nitrogens is 2. The van der Waals surface area contributed by atoms with Crippen LogP contribution < -0.4 is 15.6 Å². The third kappa shape index (κ3) is 4.95. The molecule has 2 heterocycles. The lowest BCUT2D eigenvalue weighted by molar-refractivity contribution is -0.124. The number of carbonyl (C=O) groups is 1. The van der Waals surface area contributed by atoms with E-state index >= 15 is 0 Å². The average Bonchev–Trinajstić information content (AvgIpc) is 2.63. The van der Waals surface area contributed by atoms with Crippen LogP contribution in [0.15, 0.2) is 41.2 Å². The number of carbonyl (C=O) groups excluding carboxylic acids is 1. The number of amides is 1. The second kappa shape index (κ2) is 7.92. The van der Waals surface area contributed by atoms with Crippen molar-refractivity contribution < 1.29 is 14.3 Å². The number of hydrogen-bond donors (Lipinski definition) is 1. The Morgan fingerprint density at radius 1 is 1.30 bits per heavy atom. The van der Waals surface area contributed by atoms with E-state index in [-0.39, 0.29) is 29.7 Å². The molecular weight excluding hydrogens is 346 g/mol. The quantitative estimate of drug-likeness (QED) is 0.869. The molecular formula is C20H25N3O4. The van der Waals surface area contributed by atoms with Gasteiger partial charge in [0.25, 0.3) is 5.56 Å². The van der Waals surface area contributed by atoms with E-state index < -0.39 is 0 Å². The maximum absolute atomic E-state index is 12.4. The number of hydrogen-bond acceptors (Lipinski definition) is 5. The average molecular weight is 371 g/mol. The van der Waals surface area contributed by atoms with Gasteiger partial charge in [0, 0.05) is 24.3 Å². The highest BCUT2D eigenvalue weighted by molar-refractivity contribution is 5.76. The number of nitrogens with one attached hydrogen (secondary N) is 1. The Morgan fingerprint density at radius 3 is 2.70 bits per heavy atom. The largest absolute Gasteiger partial charge is 0.497 e. The van der Waals surface area contributed by atoms with Gasteiger partial charge in [-0.1, -0.05) is 0 Å². The van der Waals surface area contributed by atoms with Crippen molar-refractivity contribution in [2.75, 3.05) is 13.7 Å². The molecule has 0 saturated carbocycles. The van der Waals surface area contributed by atoms with E-state index in [9.17, 15) is 9.59 Å². The van der Waals surface area contributed by atoms with E-state index in [0.717, 1.165) is 24.2 Å². The van der Waals surface area contributed by atoms with Crippen molar-refractivity contribution in [3.8, 4) is 17.0 Å². The van der Waals surface area contributed by atoms with Crippen LogP contribution in [0.3, 0.4) is 0 Å². The summed E-state index contributed by atoms with van der Waals surface area (Å²) in [4.78, 5) is 24.5. The molecule has 1 amide bonds. The minimum absolute atomic E-state index is 0.0433. The van der Waals surface area contributed by atoms with Crippen molar-refractivity contribution in [1.82, 2.24) is 15.1 Å². The third-order valence-electron chi connectivity index (χ3n) is 4.61. The van der Waals surface area contributed by atoms with Crippen molar-refractivity contribution in [2.24, 2.45) is 0 Å². The Morgan fingerprint density at radius 2 is 2.04 bits per heavy atom. The summed E-state index contributed by atoms with van der Waals surface area (Å²) in [5.41, 5.74) is 0.905. The summed E-state index contributed by atoms with van der Waals surface area (Å²) in [7, 11) is 1.60. The minimum atomic E-state index is -0.310. The molecule has 1 saturated heterocycles. The van der Waals surface area contributed by atoms with Gasteiger partial charge in [-0.3, -0.25) is 9.59 Å². The Kier molecular flexibility index (Phi) is 5.60. The zero-order chi connectivity index (χ0) is 19.4. The zero-order valence-electron chi connectivity index (χ0n) is 15.9. The molecule has 1 aromatic heterocycles. The molecule has 1 N–H and O–H groups in total. The highest BCUT2D eigenvalue weighted by Crippen LogP contribution is 2.24. The van der Waals surface area contributed by atoms with Crippen molar-refractivity contribution in [3.05, 3.63) is 46.8 Å². The molecule has 1 aliphatic rings. The van der Waals surface area contributed by atoms with E-state index in [1.54, 1.807) is 13.2 Å². The summed E-state index contributed by atoms with van der Waals surface area (Å²) < 4.78 is 12.0. The van der Waals surface area contributed by atoms with E-state index in [1.165, 1.54) is 10.7 Å². The molecule has 7 heteroatoms. The normalized spacial score (nSPS) is 18.7. The molecule has 1 fully saturated rings. The van der Waals surface area contributed by atoms with Crippen molar-refractivity contribution in [3.63, 3.8) is 0 Å². The predicted molar refractivity (Wildman–Crippen MR) is 102 cm³/mol. The molecule has 1 aromatic carbocycles. The van der Waals surface area contributed by atoms with Crippen LogP contribution in [0.4, 0.5) is 0 Å². The first-order chi connectivity index (χ1) is 12.9. The smallest absolute Gasteiger partial charge is 0.267 e. The molecule has 1 aliphatic heterocycles. The Balaban J connectivity index is 1.70. The third-order valence-corrected chi connectivity index (χ3v) is 4.61. The molecule has 7 nitrogen and oxygen atoms in total. The Bertz CT molecular complexity index is 858. The molecule has 1 atom stereocenters. The summed E-state index contributed by atoms with van der Waals surface area (Å²) in [5, 5.41) is 7.33. The summed E-state index contributed by atoms with van der Waals surface area (Å²) in [6.07, 6.45) is 1.51. The molecule has 2 aromatic rings. The first kappa shape index (κ1) is 19.1. The fourth-order valence-corrected chi connectivity index (χ4v) is 3.24. The summed E-state index contributed by atoms with van der Waals surface area (Å²) in [6, 6.07) is 10.5. The van der Waals surface area contributed by atoms with Crippen LogP contribution >= 0.6 is 0 Å². The predicted octanol–water partition coefficient (Wildman–Crippen LogP) is 1.99. The first-order valence-corrected chi connectivity index (χ1v) is 9.02. The topological polar surface area (TPSA) is 82.5 Å². The second-order valence-electron chi connectivity index (χ2n) is 7.31. The lowest BCUT2D eigenvalue weighted by Gasteiger charge is -2.35. The molecule has 144 valence electrons. The van der Waals surface area contributed by atoms with Gasteiger partial charge in [0.15, 0.2) is 0 Å². The summed E-state index contributed by atoms with van der Waals surface area (Å²) in [6.45, 7) is 4.52. The van der Waals surface area contributed by atoms with Gasteiger partial charge in [0.1, 0.15) is 12.3 Å². The molecule has 3 rings (SSSR count). The number of benzene rings is 1. The fourth-order valence-electron chi connectivity index (χ4n) is 3.24. The molecule has 27 heavy (non-hydrogen) atoms. The van der Waals surface area contributed by atoms with Gasteiger partial charge in [-0.05, 0) is 57.0 Å². The summed E-state index contributed by atoms with van der Waals surface area (Å²) >= 11 is 0.